The van der Waals surface area contributed by atoms with Crippen LogP contribution in [0.1, 0.15) is 42.1 Å². The summed E-state index contributed by atoms with van der Waals surface area (Å²) in [6.07, 6.45) is 3.44. The number of benzene rings is 1. The van der Waals surface area contributed by atoms with E-state index in [-0.39, 0.29) is 18.1 Å². The number of carbonyl (C=O) groups is 2. The van der Waals surface area contributed by atoms with Crippen molar-refractivity contribution in [2.24, 2.45) is 0 Å². The summed E-state index contributed by atoms with van der Waals surface area (Å²) in [5, 5.41) is 0. The van der Waals surface area contributed by atoms with Crippen LogP contribution in [0, 0.1) is 0 Å². The second-order valence-electron chi connectivity index (χ2n) is 7.05. The minimum Gasteiger partial charge on any atom is -0.493 e. The zero-order valence-corrected chi connectivity index (χ0v) is 16.5. The molecule has 1 amide bonds. The van der Waals surface area contributed by atoms with Crippen LogP contribution in [-0.4, -0.2) is 68.9 Å². The molecular formula is C20H30N2O4. The number of hydrogen-bond donors (Lipinski definition) is 0. The lowest BCUT2D eigenvalue weighted by atomic mass is 9.99. The van der Waals surface area contributed by atoms with Crippen molar-refractivity contribution in [2.75, 3.05) is 41.4 Å². The van der Waals surface area contributed by atoms with E-state index in [1.165, 1.54) is 14.0 Å². The van der Waals surface area contributed by atoms with Crippen LogP contribution in [-0.2, 0) is 11.2 Å². The number of ketones is 1. The van der Waals surface area contributed by atoms with Crippen molar-refractivity contribution in [3.05, 3.63) is 23.3 Å². The number of likely N-dealkylation sites (tertiary alicyclic amines) is 1. The Hall–Kier alpha value is -2.08. The fraction of sp³-hybridized carbons (Fsp3) is 0.600. The quantitative estimate of drug-likeness (QED) is 0.727. The summed E-state index contributed by atoms with van der Waals surface area (Å²) >= 11 is 0. The van der Waals surface area contributed by atoms with E-state index < -0.39 is 0 Å². The molecule has 1 heterocycles. The second-order valence-corrected chi connectivity index (χ2v) is 7.05. The highest BCUT2D eigenvalue weighted by Gasteiger charge is 2.25. The first-order chi connectivity index (χ1) is 12.4. The predicted molar refractivity (Wildman–Crippen MR) is 101 cm³/mol. The molecule has 0 bridgehead atoms. The number of nitrogens with zero attached hydrogens (tertiary/aromatic N) is 2. The molecule has 1 saturated heterocycles. The van der Waals surface area contributed by atoms with Crippen LogP contribution in [0.25, 0.3) is 0 Å². The topological polar surface area (TPSA) is 59.1 Å². The summed E-state index contributed by atoms with van der Waals surface area (Å²) < 4.78 is 10.6. The van der Waals surface area contributed by atoms with Gasteiger partial charge >= 0.3 is 0 Å². The van der Waals surface area contributed by atoms with Crippen molar-refractivity contribution in [1.82, 2.24) is 9.80 Å². The molecule has 0 spiro atoms. The van der Waals surface area contributed by atoms with E-state index in [4.69, 9.17) is 9.47 Å². The maximum Gasteiger partial charge on any atom is 0.227 e. The smallest absolute Gasteiger partial charge is 0.227 e. The number of ether oxygens (including phenoxy) is 2. The van der Waals surface area contributed by atoms with Crippen molar-refractivity contribution in [2.45, 2.75) is 38.6 Å². The van der Waals surface area contributed by atoms with Crippen LogP contribution >= 0.6 is 0 Å². The van der Waals surface area contributed by atoms with Crippen molar-refractivity contribution in [1.29, 1.82) is 0 Å². The Morgan fingerprint density at radius 3 is 2.38 bits per heavy atom. The van der Waals surface area contributed by atoms with Gasteiger partial charge < -0.3 is 19.3 Å². The van der Waals surface area contributed by atoms with Crippen LogP contribution in [0.4, 0.5) is 0 Å². The van der Waals surface area contributed by atoms with Gasteiger partial charge in [0, 0.05) is 24.7 Å². The molecule has 1 atom stereocenters. The monoisotopic (exact) mass is 362 g/mol. The molecule has 0 aromatic heterocycles. The first-order valence-corrected chi connectivity index (χ1v) is 9.07. The van der Waals surface area contributed by atoms with Gasteiger partial charge in [-0.2, -0.15) is 0 Å². The lowest BCUT2D eigenvalue weighted by Crippen LogP contribution is -2.42. The fourth-order valence-corrected chi connectivity index (χ4v) is 3.44. The van der Waals surface area contributed by atoms with E-state index in [0.717, 1.165) is 32.4 Å². The number of rotatable bonds is 6. The average Bonchev–Trinajstić information content (AvgIpc) is 2.87. The van der Waals surface area contributed by atoms with Gasteiger partial charge in [0.1, 0.15) is 0 Å². The van der Waals surface area contributed by atoms with Gasteiger partial charge in [-0.05, 0) is 51.6 Å². The molecule has 1 aliphatic heterocycles. The highest BCUT2D eigenvalue weighted by atomic mass is 16.5. The molecule has 144 valence electrons. The SMILES string of the molecule is COc1cc(CC(=O)N2CCCC[C@H](N(C)C)C2)c(C(C)=O)cc1OC. The molecule has 0 radical (unpaired) electrons. The lowest BCUT2D eigenvalue weighted by Gasteiger charge is -2.29. The average molecular weight is 362 g/mol. The standard InChI is InChI=1S/C20H30N2O4/c1-14(23)17-12-19(26-5)18(25-4)10-15(17)11-20(24)22-9-7-6-8-16(13-22)21(2)3/h10,12,16H,6-9,11,13H2,1-5H3/t16-/m0/s1. The van der Waals surface area contributed by atoms with Gasteiger partial charge in [-0.3, -0.25) is 9.59 Å². The molecule has 0 saturated carbocycles. The van der Waals surface area contributed by atoms with E-state index in [0.29, 0.717) is 28.7 Å². The minimum atomic E-state index is -0.0872. The third kappa shape index (κ3) is 4.75. The fourth-order valence-electron chi connectivity index (χ4n) is 3.44. The van der Waals surface area contributed by atoms with Crippen LogP contribution in [0.5, 0.6) is 11.5 Å². The van der Waals surface area contributed by atoms with Gasteiger partial charge in [0.25, 0.3) is 0 Å². The van der Waals surface area contributed by atoms with Crippen molar-refractivity contribution >= 4 is 11.7 Å². The van der Waals surface area contributed by atoms with Gasteiger partial charge in [0.2, 0.25) is 5.91 Å². The first-order valence-electron chi connectivity index (χ1n) is 9.07. The molecule has 1 fully saturated rings. The Kier molecular flexibility index (Phi) is 7.03. The van der Waals surface area contributed by atoms with Crippen molar-refractivity contribution in [3.8, 4) is 11.5 Å². The number of amides is 1. The van der Waals surface area contributed by atoms with E-state index in [1.807, 2.05) is 4.90 Å². The van der Waals surface area contributed by atoms with Gasteiger partial charge in [-0.1, -0.05) is 6.42 Å². The highest BCUT2D eigenvalue weighted by Crippen LogP contribution is 2.31. The van der Waals surface area contributed by atoms with Gasteiger partial charge in [-0.25, -0.2) is 0 Å². The third-order valence-electron chi connectivity index (χ3n) is 5.06. The van der Waals surface area contributed by atoms with E-state index in [1.54, 1.807) is 19.2 Å². The number of likely N-dealkylation sites (N-methyl/N-ethyl adjacent to an activating group) is 1. The molecule has 26 heavy (non-hydrogen) atoms. The first kappa shape index (κ1) is 20.2. The van der Waals surface area contributed by atoms with E-state index in [9.17, 15) is 9.59 Å². The van der Waals surface area contributed by atoms with Gasteiger partial charge in [-0.15, -0.1) is 0 Å². The third-order valence-corrected chi connectivity index (χ3v) is 5.06. The van der Waals surface area contributed by atoms with E-state index >= 15 is 0 Å². The molecule has 0 aliphatic carbocycles. The van der Waals surface area contributed by atoms with Crippen LogP contribution < -0.4 is 9.47 Å². The summed E-state index contributed by atoms with van der Waals surface area (Å²) in [4.78, 5) is 29.1. The largest absolute Gasteiger partial charge is 0.493 e. The molecule has 1 aliphatic rings. The predicted octanol–water partition coefficient (Wildman–Crippen LogP) is 2.39. The molecule has 6 heteroatoms. The maximum atomic E-state index is 12.9. The van der Waals surface area contributed by atoms with E-state index in [2.05, 4.69) is 19.0 Å². The summed E-state index contributed by atoms with van der Waals surface area (Å²) in [5.41, 5.74) is 1.20. The highest BCUT2D eigenvalue weighted by molar-refractivity contribution is 5.97. The van der Waals surface area contributed by atoms with Crippen LogP contribution in [0.3, 0.4) is 0 Å². The number of hydrogen-bond acceptors (Lipinski definition) is 5. The summed E-state index contributed by atoms with van der Waals surface area (Å²) in [6, 6.07) is 3.78. The molecular weight excluding hydrogens is 332 g/mol. The van der Waals surface area contributed by atoms with Crippen LogP contribution in [0.15, 0.2) is 12.1 Å². The second kappa shape index (κ2) is 9.03. The molecule has 0 unspecified atom stereocenters. The normalized spacial score (nSPS) is 17.8. The Balaban J connectivity index is 2.25. The lowest BCUT2D eigenvalue weighted by molar-refractivity contribution is -0.131. The molecule has 1 aromatic carbocycles. The number of Topliss-reactive ketones (excluding diaryl/α,β-unsaturated/α-hetero) is 1. The zero-order valence-electron chi connectivity index (χ0n) is 16.5. The summed E-state index contributed by atoms with van der Waals surface area (Å²) in [5.74, 6) is 0.989. The molecule has 1 aromatic rings. The molecule has 2 rings (SSSR count). The number of methoxy groups -OCH3 is 2. The zero-order chi connectivity index (χ0) is 19.3. The Bertz CT molecular complexity index is 657. The van der Waals surface area contributed by atoms with Gasteiger partial charge in [0.05, 0.1) is 20.6 Å². The molecule has 0 N–H and O–H groups in total. The summed E-state index contributed by atoms with van der Waals surface area (Å²) in [6.45, 7) is 3.00. The molecule has 6 nitrogen and oxygen atoms in total. The Morgan fingerprint density at radius 2 is 1.81 bits per heavy atom. The minimum absolute atomic E-state index is 0.0495. The summed E-state index contributed by atoms with van der Waals surface area (Å²) in [7, 11) is 7.19. The number of carbonyl (C=O) groups excluding carboxylic acids is 2. The maximum absolute atomic E-state index is 12.9. The van der Waals surface area contributed by atoms with Crippen LogP contribution in [0.2, 0.25) is 0 Å². The Labute approximate surface area is 156 Å². The van der Waals surface area contributed by atoms with Crippen molar-refractivity contribution in [3.63, 3.8) is 0 Å². The van der Waals surface area contributed by atoms with Crippen molar-refractivity contribution < 1.29 is 19.1 Å². The Morgan fingerprint density at radius 1 is 1.15 bits per heavy atom. The van der Waals surface area contributed by atoms with Gasteiger partial charge in [0.15, 0.2) is 17.3 Å².